The number of nitrogens with one attached hydrogen (secondary N) is 1. The molecule has 3 rings (SSSR count). The van der Waals surface area contributed by atoms with Crippen molar-refractivity contribution in [3.63, 3.8) is 0 Å². The van der Waals surface area contributed by atoms with Crippen LogP contribution in [-0.4, -0.2) is 17.4 Å². The first-order valence-corrected chi connectivity index (χ1v) is 8.53. The van der Waals surface area contributed by atoms with Crippen molar-refractivity contribution in [2.24, 2.45) is 5.92 Å². The van der Waals surface area contributed by atoms with Crippen LogP contribution in [0.5, 0.6) is 23.0 Å². The van der Waals surface area contributed by atoms with Crippen LogP contribution < -0.4 is 14.8 Å². The summed E-state index contributed by atoms with van der Waals surface area (Å²) in [5.74, 6) is -0.824. The molecule has 0 unspecified atom stereocenters. The lowest BCUT2D eigenvalue weighted by Gasteiger charge is -2.11. The summed E-state index contributed by atoms with van der Waals surface area (Å²) >= 11 is 0. The molecule has 2 aromatic carbocycles. The lowest BCUT2D eigenvalue weighted by Crippen LogP contribution is -2.16. The maximum atomic E-state index is 12.2. The van der Waals surface area contributed by atoms with Gasteiger partial charge in [0.15, 0.2) is 11.5 Å². The van der Waals surface area contributed by atoms with Crippen LogP contribution in [0.2, 0.25) is 0 Å². The number of phenolic OH excluding ortho intramolecular Hbond substituents is 1. The SMILES string of the molecule is N#CC(=CC1CC1)C(=O)Nc1ccc(Oc2ccc(OC(F)(F)F)cc2)c(O)c1. The highest BCUT2D eigenvalue weighted by Crippen LogP contribution is 2.35. The molecule has 0 saturated heterocycles. The van der Waals surface area contributed by atoms with Gasteiger partial charge in [-0.2, -0.15) is 5.26 Å². The van der Waals surface area contributed by atoms with Crippen LogP contribution in [-0.2, 0) is 4.79 Å². The Labute approximate surface area is 163 Å². The third-order valence-electron chi connectivity index (χ3n) is 3.89. The number of hydrogen-bond donors (Lipinski definition) is 2. The number of phenols is 1. The predicted molar refractivity (Wildman–Crippen MR) is 96.4 cm³/mol. The standard InChI is InChI=1S/C20H15F3N2O4/c21-20(22,23)29-16-6-4-15(5-7-16)28-18-8-3-14(10-17(18)26)25-19(27)13(11-24)9-12-1-2-12/h3-10,12,26H,1-2H2,(H,25,27). The number of carbonyl (C=O) groups is 1. The predicted octanol–water partition coefficient (Wildman–Crippen LogP) is 4.88. The lowest BCUT2D eigenvalue weighted by molar-refractivity contribution is -0.274. The molecule has 1 aliphatic rings. The Morgan fingerprint density at radius 3 is 2.38 bits per heavy atom. The fourth-order valence-corrected chi connectivity index (χ4v) is 2.38. The maximum Gasteiger partial charge on any atom is 0.573 e. The first-order valence-electron chi connectivity index (χ1n) is 8.53. The Hall–Kier alpha value is -3.67. The highest BCUT2D eigenvalue weighted by atomic mass is 19.4. The third kappa shape index (κ3) is 5.90. The van der Waals surface area contributed by atoms with E-state index < -0.39 is 18.0 Å². The minimum atomic E-state index is -4.79. The number of amides is 1. The van der Waals surface area contributed by atoms with Gasteiger partial charge in [0, 0.05) is 11.8 Å². The highest BCUT2D eigenvalue weighted by Gasteiger charge is 2.31. The summed E-state index contributed by atoms with van der Waals surface area (Å²) in [5.41, 5.74) is 0.263. The second-order valence-corrected chi connectivity index (χ2v) is 6.29. The first-order chi connectivity index (χ1) is 13.7. The van der Waals surface area contributed by atoms with Gasteiger partial charge in [0.1, 0.15) is 23.1 Å². The van der Waals surface area contributed by atoms with E-state index in [0.717, 1.165) is 25.0 Å². The first kappa shape index (κ1) is 20.1. The average Bonchev–Trinajstić information content (AvgIpc) is 3.46. The van der Waals surface area contributed by atoms with E-state index in [0.29, 0.717) is 0 Å². The monoisotopic (exact) mass is 404 g/mol. The second kappa shape index (κ2) is 8.14. The summed E-state index contributed by atoms with van der Waals surface area (Å²) in [6.45, 7) is 0. The van der Waals surface area contributed by atoms with Gasteiger partial charge >= 0.3 is 6.36 Å². The number of nitriles is 1. The molecule has 1 amide bonds. The van der Waals surface area contributed by atoms with E-state index in [-0.39, 0.29) is 34.4 Å². The number of hydrogen-bond acceptors (Lipinski definition) is 5. The number of anilines is 1. The van der Waals surface area contributed by atoms with E-state index in [4.69, 9.17) is 10.00 Å². The van der Waals surface area contributed by atoms with E-state index in [1.807, 2.05) is 6.07 Å². The second-order valence-electron chi connectivity index (χ2n) is 6.29. The summed E-state index contributed by atoms with van der Waals surface area (Å²) in [5, 5.41) is 21.7. The minimum absolute atomic E-state index is 0.00785. The molecule has 0 spiro atoms. The molecule has 6 nitrogen and oxygen atoms in total. The third-order valence-corrected chi connectivity index (χ3v) is 3.89. The molecule has 2 N–H and O–H groups in total. The molecule has 1 aliphatic carbocycles. The molecular formula is C20H15F3N2O4. The largest absolute Gasteiger partial charge is 0.573 e. The maximum absolute atomic E-state index is 12.2. The molecule has 29 heavy (non-hydrogen) atoms. The zero-order valence-corrected chi connectivity index (χ0v) is 14.9. The van der Waals surface area contributed by atoms with Gasteiger partial charge < -0.3 is 19.9 Å². The summed E-state index contributed by atoms with van der Waals surface area (Å²) in [6.07, 6.45) is -1.26. The number of ether oxygens (including phenoxy) is 2. The van der Waals surface area contributed by atoms with E-state index in [9.17, 15) is 23.1 Å². The van der Waals surface area contributed by atoms with Crippen molar-refractivity contribution in [2.45, 2.75) is 19.2 Å². The van der Waals surface area contributed by atoms with Gasteiger partial charge in [-0.1, -0.05) is 6.08 Å². The van der Waals surface area contributed by atoms with E-state index in [1.165, 1.54) is 30.3 Å². The summed E-state index contributed by atoms with van der Waals surface area (Å²) in [6, 6.07) is 10.6. The highest BCUT2D eigenvalue weighted by molar-refractivity contribution is 6.06. The molecule has 0 heterocycles. The van der Waals surface area contributed by atoms with Crippen LogP contribution in [0.4, 0.5) is 18.9 Å². The van der Waals surface area contributed by atoms with Crippen molar-refractivity contribution in [3.8, 4) is 29.1 Å². The molecule has 0 bridgehead atoms. The number of aromatic hydroxyl groups is 1. The van der Waals surface area contributed by atoms with Gasteiger partial charge in [-0.3, -0.25) is 4.79 Å². The number of rotatable bonds is 6. The molecule has 0 aromatic heterocycles. The Morgan fingerprint density at radius 2 is 1.83 bits per heavy atom. The van der Waals surface area contributed by atoms with Gasteiger partial charge in [0.05, 0.1) is 0 Å². The number of carbonyl (C=O) groups excluding carboxylic acids is 1. The number of benzene rings is 2. The molecule has 150 valence electrons. The molecule has 1 fully saturated rings. The molecule has 1 saturated carbocycles. The van der Waals surface area contributed by atoms with Crippen molar-refractivity contribution >= 4 is 11.6 Å². The number of halogens is 3. The molecule has 2 aromatic rings. The molecule has 0 atom stereocenters. The van der Waals surface area contributed by atoms with Crippen molar-refractivity contribution in [2.75, 3.05) is 5.32 Å². The molecule has 0 aliphatic heterocycles. The summed E-state index contributed by atoms with van der Waals surface area (Å²) in [7, 11) is 0. The Balaban J connectivity index is 1.65. The van der Waals surface area contributed by atoms with Gasteiger partial charge in [-0.15, -0.1) is 13.2 Å². The van der Waals surface area contributed by atoms with Gasteiger partial charge in [-0.25, -0.2) is 0 Å². The van der Waals surface area contributed by atoms with Crippen molar-refractivity contribution < 1.29 is 32.5 Å². The van der Waals surface area contributed by atoms with E-state index in [2.05, 4.69) is 10.1 Å². The summed E-state index contributed by atoms with van der Waals surface area (Å²) < 4.78 is 45.7. The van der Waals surface area contributed by atoms with Crippen molar-refractivity contribution in [1.82, 2.24) is 0 Å². The topological polar surface area (TPSA) is 91.6 Å². The number of allylic oxidation sites excluding steroid dienone is 1. The van der Waals surface area contributed by atoms with Crippen LogP contribution in [0, 0.1) is 17.2 Å². The van der Waals surface area contributed by atoms with E-state index >= 15 is 0 Å². The number of nitrogens with zero attached hydrogens (tertiary/aromatic N) is 1. The van der Waals surface area contributed by atoms with E-state index in [1.54, 1.807) is 6.08 Å². The normalized spacial score (nSPS) is 14.1. The van der Waals surface area contributed by atoms with Crippen LogP contribution in [0.1, 0.15) is 12.8 Å². The average molecular weight is 404 g/mol. The smallest absolute Gasteiger partial charge is 0.504 e. The van der Waals surface area contributed by atoms with Crippen LogP contribution >= 0.6 is 0 Å². The Morgan fingerprint density at radius 1 is 1.17 bits per heavy atom. The minimum Gasteiger partial charge on any atom is -0.504 e. The Bertz CT molecular complexity index is 975. The van der Waals surface area contributed by atoms with Crippen LogP contribution in [0.25, 0.3) is 0 Å². The number of alkyl halides is 3. The van der Waals surface area contributed by atoms with Gasteiger partial charge in [0.2, 0.25) is 0 Å². The van der Waals surface area contributed by atoms with Crippen molar-refractivity contribution in [3.05, 3.63) is 54.1 Å². The zero-order valence-electron chi connectivity index (χ0n) is 14.9. The fourth-order valence-electron chi connectivity index (χ4n) is 2.38. The summed E-state index contributed by atoms with van der Waals surface area (Å²) in [4.78, 5) is 12.1. The fraction of sp³-hybridized carbons (Fsp3) is 0.200. The molecule has 9 heteroatoms. The van der Waals surface area contributed by atoms with Crippen LogP contribution in [0.3, 0.4) is 0 Å². The van der Waals surface area contributed by atoms with Crippen molar-refractivity contribution in [1.29, 1.82) is 5.26 Å². The van der Waals surface area contributed by atoms with Gasteiger partial charge in [0.25, 0.3) is 5.91 Å². The van der Waals surface area contributed by atoms with Gasteiger partial charge in [-0.05, 0) is 55.2 Å². The lowest BCUT2D eigenvalue weighted by atomic mass is 10.2. The zero-order chi connectivity index (χ0) is 21.0. The Kier molecular flexibility index (Phi) is 5.64. The molecular weight excluding hydrogens is 389 g/mol. The molecule has 0 radical (unpaired) electrons. The quantitative estimate of drug-likeness (QED) is 0.529. The van der Waals surface area contributed by atoms with Crippen LogP contribution in [0.15, 0.2) is 54.1 Å².